The summed E-state index contributed by atoms with van der Waals surface area (Å²) in [7, 11) is 0. The lowest BCUT2D eigenvalue weighted by atomic mass is 10.2. The van der Waals surface area contributed by atoms with Crippen LogP contribution in [-0.2, 0) is 0 Å². The first kappa shape index (κ1) is 7.84. The Kier molecular flexibility index (Phi) is 1.89. The molecule has 0 aromatic heterocycles. The van der Waals surface area contributed by atoms with Crippen LogP contribution in [0.25, 0.3) is 0 Å². The van der Waals surface area contributed by atoms with E-state index in [0.29, 0.717) is 0 Å². The number of aliphatic hydroxyl groups is 1. The minimum atomic E-state index is -2.72. The minimum Gasteiger partial charge on any atom is -0.395 e. The van der Waals surface area contributed by atoms with E-state index in [1.54, 1.807) is 0 Å². The molecule has 1 unspecified atom stereocenters. The molecule has 3 nitrogen and oxygen atoms in total. The topological polar surface area (TPSA) is 49.5 Å². The summed E-state index contributed by atoms with van der Waals surface area (Å²) in [6.45, 7) is -0.746. The largest absolute Gasteiger partial charge is 0.395 e. The van der Waals surface area contributed by atoms with E-state index in [9.17, 15) is 8.78 Å². The van der Waals surface area contributed by atoms with Gasteiger partial charge in [-0.25, -0.2) is 13.8 Å². The number of hydrogen-bond donors (Lipinski definition) is 2. The van der Waals surface area contributed by atoms with E-state index < -0.39 is 18.5 Å². The number of hydrazine groups is 1. The molecule has 0 amide bonds. The number of rotatable bonds is 1. The molecule has 10 heavy (non-hydrogen) atoms. The van der Waals surface area contributed by atoms with Crippen molar-refractivity contribution in [3.63, 3.8) is 0 Å². The normalized spacial score (nSPS) is 33.0. The Morgan fingerprint density at radius 2 is 2.30 bits per heavy atom. The molecule has 1 aliphatic heterocycles. The molecule has 0 aromatic carbocycles. The van der Waals surface area contributed by atoms with Crippen LogP contribution < -0.4 is 5.84 Å². The van der Waals surface area contributed by atoms with Gasteiger partial charge in [0.2, 0.25) is 0 Å². The molecule has 0 spiro atoms. The van der Waals surface area contributed by atoms with Crippen molar-refractivity contribution >= 4 is 0 Å². The molecule has 60 valence electrons. The van der Waals surface area contributed by atoms with Gasteiger partial charge in [-0.05, 0) is 0 Å². The van der Waals surface area contributed by atoms with Crippen LogP contribution in [0, 0.1) is 0 Å². The second kappa shape index (κ2) is 2.41. The van der Waals surface area contributed by atoms with Crippen molar-refractivity contribution in [1.82, 2.24) is 5.01 Å². The lowest BCUT2D eigenvalue weighted by Crippen LogP contribution is -2.38. The fourth-order valence-electron chi connectivity index (χ4n) is 1.09. The summed E-state index contributed by atoms with van der Waals surface area (Å²) >= 11 is 0. The first-order valence-electron chi connectivity index (χ1n) is 3.05. The SMILES string of the molecule is NN1CC(F)(F)CC1CO. The molecule has 1 fully saturated rings. The highest BCUT2D eigenvalue weighted by Gasteiger charge is 2.43. The molecule has 0 saturated carbocycles. The molecule has 0 aliphatic carbocycles. The second-order valence-corrected chi connectivity index (χ2v) is 2.57. The number of nitrogens with two attached hydrogens (primary N) is 1. The van der Waals surface area contributed by atoms with Gasteiger partial charge in [0.1, 0.15) is 0 Å². The fourth-order valence-corrected chi connectivity index (χ4v) is 1.09. The lowest BCUT2D eigenvalue weighted by Gasteiger charge is -2.13. The number of alkyl halides is 2. The summed E-state index contributed by atoms with van der Waals surface area (Å²) in [5.74, 6) is 2.44. The Bertz CT molecular complexity index is 131. The summed E-state index contributed by atoms with van der Waals surface area (Å²) in [6, 6.07) is -0.574. The van der Waals surface area contributed by atoms with E-state index in [2.05, 4.69) is 0 Å². The average molecular weight is 152 g/mol. The zero-order valence-corrected chi connectivity index (χ0v) is 5.43. The maximum Gasteiger partial charge on any atom is 0.263 e. The fraction of sp³-hybridized carbons (Fsp3) is 1.00. The third kappa shape index (κ3) is 1.42. The Labute approximate surface area is 57.4 Å². The van der Waals surface area contributed by atoms with Gasteiger partial charge in [-0.2, -0.15) is 0 Å². The van der Waals surface area contributed by atoms with E-state index in [0.717, 1.165) is 5.01 Å². The van der Waals surface area contributed by atoms with Gasteiger partial charge in [-0.15, -0.1) is 0 Å². The molecule has 5 heteroatoms. The summed E-state index contributed by atoms with van der Waals surface area (Å²) in [4.78, 5) is 0. The summed E-state index contributed by atoms with van der Waals surface area (Å²) < 4.78 is 24.8. The molecule has 0 bridgehead atoms. The van der Waals surface area contributed by atoms with Crippen LogP contribution in [0.15, 0.2) is 0 Å². The van der Waals surface area contributed by atoms with Crippen molar-refractivity contribution in [3.05, 3.63) is 0 Å². The Balaban J connectivity index is 2.52. The summed E-state index contributed by atoms with van der Waals surface area (Å²) in [6.07, 6.45) is -0.333. The van der Waals surface area contributed by atoms with Crippen molar-refractivity contribution in [2.75, 3.05) is 13.2 Å². The van der Waals surface area contributed by atoms with Crippen molar-refractivity contribution in [3.8, 4) is 0 Å². The van der Waals surface area contributed by atoms with Crippen LogP contribution in [0.1, 0.15) is 6.42 Å². The van der Waals surface area contributed by atoms with Crippen molar-refractivity contribution < 1.29 is 13.9 Å². The van der Waals surface area contributed by atoms with Gasteiger partial charge < -0.3 is 5.11 Å². The predicted octanol–water partition coefficient (Wildman–Crippen LogP) is -0.438. The molecular weight excluding hydrogens is 142 g/mol. The maximum atomic E-state index is 12.4. The molecule has 0 radical (unpaired) electrons. The average Bonchev–Trinajstić information content (AvgIpc) is 2.05. The molecule has 1 atom stereocenters. The van der Waals surface area contributed by atoms with Crippen molar-refractivity contribution in [1.29, 1.82) is 0 Å². The zero-order valence-electron chi connectivity index (χ0n) is 5.43. The van der Waals surface area contributed by atoms with E-state index in [1.807, 2.05) is 0 Å². The zero-order chi connectivity index (χ0) is 7.78. The number of hydrogen-bond acceptors (Lipinski definition) is 3. The van der Waals surface area contributed by atoms with Crippen LogP contribution in [0.3, 0.4) is 0 Å². The highest BCUT2D eigenvalue weighted by atomic mass is 19.3. The summed E-state index contributed by atoms with van der Waals surface area (Å²) in [5, 5.41) is 9.50. The van der Waals surface area contributed by atoms with Crippen LogP contribution in [-0.4, -0.2) is 35.2 Å². The molecular formula is C5H10F2N2O. The molecule has 1 rings (SSSR count). The third-order valence-corrected chi connectivity index (χ3v) is 1.63. The second-order valence-electron chi connectivity index (χ2n) is 2.57. The minimum absolute atomic E-state index is 0.300. The van der Waals surface area contributed by atoms with Gasteiger partial charge in [-0.1, -0.05) is 0 Å². The monoisotopic (exact) mass is 152 g/mol. The van der Waals surface area contributed by atoms with Gasteiger partial charge in [0.15, 0.2) is 0 Å². The van der Waals surface area contributed by atoms with Gasteiger partial charge in [0.25, 0.3) is 5.92 Å². The first-order valence-corrected chi connectivity index (χ1v) is 3.05. The third-order valence-electron chi connectivity index (χ3n) is 1.63. The number of nitrogens with zero attached hydrogens (tertiary/aromatic N) is 1. The number of aliphatic hydroxyl groups excluding tert-OH is 1. The first-order chi connectivity index (χ1) is 4.55. The van der Waals surface area contributed by atoms with Crippen molar-refractivity contribution in [2.24, 2.45) is 5.84 Å². The van der Waals surface area contributed by atoms with Gasteiger partial charge >= 0.3 is 0 Å². The van der Waals surface area contributed by atoms with E-state index in [-0.39, 0.29) is 13.0 Å². The van der Waals surface area contributed by atoms with Crippen LogP contribution in [0.4, 0.5) is 8.78 Å². The molecule has 0 aromatic rings. The van der Waals surface area contributed by atoms with Crippen LogP contribution in [0.2, 0.25) is 0 Å². The Morgan fingerprint density at radius 3 is 2.50 bits per heavy atom. The van der Waals surface area contributed by atoms with Gasteiger partial charge in [-0.3, -0.25) is 5.84 Å². The van der Waals surface area contributed by atoms with E-state index in [4.69, 9.17) is 10.9 Å². The predicted molar refractivity (Wildman–Crippen MR) is 31.3 cm³/mol. The number of halogens is 2. The van der Waals surface area contributed by atoms with Gasteiger partial charge in [0, 0.05) is 6.42 Å². The highest BCUT2D eigenvalue weighted by Crippen LogP contribution is 2.29. The van der Waals surface area contributed by atoms with Gasteiger partial charge in [0.05, 0.1) is 19.2 Å². The highest BCUT2D eigenvalue weighted by molar-refractivity contribution is 4.86. The van der Waals surface area contributed by atoms with Crippen LogP contribution >= 0.6 is 0 Å². The van der Waals surface area contributed by atoms with Crippen molar-refractivity contribution in [2.45, 2.75) is 18.4 Å². The van der Waals surface area contributed by atoms with Crippen LogP contribution in [0.5, 0.6) is 0 Å². The Hall–Kier alpha value is -0.260. The standard InChI is InChI=1S/C5H10F2N2O/c6-5(7)1-4(2-10)9(8)3-5/h4,10H,1-3,8H2. The molecule has 3 N–H and O–H groups in total. The Morgan fingerprint density at radius 1 is 1.70 bits per heavy atom. The molecule has 1 saturated heterocycles. The lowest BCUT2D eigenvalue weighted by molar-refractivity contribution is 0.0118. The smallest absolute Gasteiger partial charge is 0.263 e. The van der Waals surface area contributed by atoms with E-state index in [1.165, 1.54) is 0 Å². The molecule has 1 aliphatic rings. The molecule has 1 heterocycles. The maximum absolute atomic E-state index is 12.4. The summed E-state index contributed by atoms with van der Waals surface area (Å²) in [5.41, 5.74) is 0. The van der Waals surface area contributed by atoms with E-state index >= 15 is 0 Å². The quantitative estimate of drug-likeness (QED) is 0.501.